The van der Waals surface area contributed by atoms with E-state index in [9.17, 15) is 18.0 Å². The number of anilines is 1. The molecule has 222 valence electrons. The van der Waals surface area contributed by atoms with Crippen molar-refractivity contribution in [1.82, 2.24) is 24.8 Å². The average molecular weight is 592 g/mol. The number of nitrogens with zero attached hydrogens (tertiary/aromatic N) is 4. The zero-order chi connectivity index (χ0) is 29.4. The first-order valence-corrected chi connectivity index (χ1v) is 14.7. The second kappa shape index (κ2) is 11.2. The Balaban J connectivity index is 1.40. The minimum atomic E-state index is -4.21. The van der Waals surface area contributed by atoms with E-state index in [1.54, 1.807) is 37.5 Å². The van der Waals surface area contributed by atoms with Gasteiger partial charge in [-0.1, -0.05) is 0 Å². The van der Waals surface area contributed by atoms with E-state index in [1.165, 1.54) is 4.68 Å². The summed E-state index contributed by atoms with van der Waals surface area (Å²) in [6.07, 6.45) is 2.35. The quantitative estimate of drug-likeness (QED) is 0.295. The highest BCUT2D eigenvalue weighted by molar-refractivity contribution is 8.02. The molecule has 9 nitrogen and oxygen atoms in total. The maximum Gasteiger partial charge on any atom is 0.394 e. The van der Waals surface area contributed by atoms with Crippen molar-refractivity contribution in [2.45, 2.75) is 71.0 Å². The van der Waals surface area contributed by atoms with Crippen molar-refractivity contribution < 1.29 is 22.7 Å². The first-order valence-electron chi connectivity index (χ1n) is 13.9. The van der Waals surface area contributed by atoms with E-state index in [4.69, 9.17) is 15.1 Å². The predicted octanol–water partition coefficient (Wildman–Crippen LogP) is 5.63. The lowest BCUT2D eigenvalue weighted by atomic mass is 9.93. The average Bonchev–Trinajstić information content (AvgIpc) is 3.45. The van der Waals surface area contributed by atoms with E-state index < -0.39 is 11.6 Å². The molecule has 1 saturated carbocycles. The Morgan fingerprint density at radius 2 is 2.05 bits per heavy atom. The highest BCUT2D eigenvalue weighted by Crippen LogP contribution is 2.59. The largest absolute Gasteiger partial charge is 0.477 e. The summed E-state index contributed by atoms with van der Waals surface area (Å²) in [5, 5.41) is 15.7. The molecule has 2 aromatic rings. The number of allylic oxidation sites excluding steroid dienone is 1. The van der Waals surface area contributed by atoms with Crippen LogP contribution in [-0.2, 0) is 0 Å². The van der Waals surface area contributed by atoms with Crippen molar-refractivity contribution in [3.63, 3.8) is 0 Å². The summed E-state index contributed by atoms with van der Waals surface area (Å²) in [4.78, 5) is 21.1. The number of carbonyl (C=O) groups excluding carboxylic acids is 1. The molecule has 41 heavy (non-hydrogen) atoms. The van der Waals surface area contributed by atoms with E-state index in [-0.39, 0.29) is 43.2 Å². The number of aromatic nitrogens is 3. The molecule has 3 N–H and O–H groups in total. The molecule has 13 heteroatoms. The summed E-state index contributed by atoms with van der Waals surface area (Å²) >= 11 is 1.09. The van der Waals surface area contributed by atoms with Gasteiger partial charge in [-0.15, -0.1) is 5.10 Å². The van der Waals surface area contributed by atoms with Crippen molar-refractivity contribution in [2.75, 3.05) is 24.6 Å². The van der Waals surface area contributed by atoms with E-state index in [0.717, 1.165) is 44.3 Å². The van der Waals surface area contributed by atoms with Gasteiger partial charge in [0, 0.05) is 42.8 Å². The summed E-state index contributed by atoms with van der Waals surface area (Å²) in [6.45, 7) is 7.44. The maximum absolute atomic E-state index is 13.4. The Bertz CT molecular complexity index is 1340. The van der Waals surface area contributed by atoms with Gasteiger partial charge < -0.3 is 20.4 Å². The topological polar surface area (TPSA) is 108 Å². The molecular formula is C28H36F3N7O2S. The lowest BCUT2D eigenvalue weighted by Crippen LogP contribution is -2.40. The van der Waals surface area contributed by atoms with Crippen LogP contribution < -0.4 is 19.7 Å². The summed E-state index contributed by atoms with van der Waals surface area (Å²) in [5.74, 6) is 1.33. The molecule has 4 heterocycles. The number of fused-ring (bicyclic) bond motifs is 4. The monoisotopic (exact) mass is 591 g/mol. The molecule has 2 aliphatic heterocycles. The molecule has 1 atom stereocenters. The molecule has 1 amide bonds. The maximum atomic E-state index is 13.4. The third-order valence-electron chi connectivity index (χ3n) is 8.20. The van der Waals surface area contributed by atoms with Crippen molar-refractivity contribution in [3.8, 4) is 11.7 Å². The number of pyridine rings is 1. The molecule has 1 aliphatic carbocycles. The fraction of sp³-hybridized carbons (Fsp3) is 0.571. The molecule has 1 unspecified atom stereocenters. The molecular weight excluding hydrogens is 555 g/mol. The summed E-state index contributed by atoms with van der Waals surface area (Å²) in [7, 11) is 0. The van der Waals surface area contributed by atoms with Crippen molar-refractivity contribution in [3.05, 3.63) is 41.1 Å². The Morgan fingerprint density at radius 3 is 2.76 bits per heavy atom. The standard InChI is InChI=1S/C28H36F3N7O2S/c1-18(32)21-16-33-12-4-5-19-15-26(2,3)37(17-19)24-20(25(39)36-41-21)6-7-22(34-24)38-13-8-23(35-38)40-14-11-27(9-10-27)28(29,30)31/h6-8,13,16,19,32-33H,4-5,9-12,14-15,17H2,1-3H3,(H,36,39)/b21-16+,32-18?. The molecule has 3 aliphatic rings. The van der Waals surface area contributed by atoms with Crippen LogP contribution in [0.5, 0.6) is 5.88 Å². The van der Waals surface area contributed by atoms with Gasteiger partial charge in [0.15, 0.2) is 5.82 Å². The zero-order valence-electron chi connectivity index (χ0n) is 23.5. The van der Waals surface area contributed by atoms with Crippen LogP contribution in [0.25, 0.3) is 5.82 Å². The van der Waals surface area contributed by atoms with Crippen LogP contribution in [0, 0.1) is 16.7 Å². The Labute approximate surface area is 241 Å². The molecule has 0 aromatic carbocycles. The van der Waals surface area contributed by atoms with Crippen molar-refractivity contribution >= 4 is 29.4 Å². The van der Waals surface area contributed by atoms with E-state index in [2.05, 4.69) is 33.9 Å². The van der Waals surface area contributed by atoms with Crippen molar-refractivity contribution in [1.29, 1.82) is 5.41 Å². The Kier molecular flexibility index (Phi) is 8.01. The van der Waals surface area contributed by atoms with Gasteiger partial charge >= 0.3 is 6.18 Å². The molecule has 0 radical (unpaired) electrons. The second-order valence-corrected chi connectivity index (χ2v) is 12.6. The fourth-order valence-electron chi connectivity index (χ4n) is 5.62. The van der Waals surface area contributed by atoms with Gasteiger partial charge in [-0.2, -0.15) is 13.2 Å². The first-order chi connectivity index (χ1) is 19.4. The molecule has 1 saturated heterocycles. The smallest absolute Gasteiger partial charge is 0.394 e. The van der Waals surface area contributed by atoms with Crippen LogP contribution in [0.15, 0.2) is 35.5 Å². The van der Waals surface area contributed by atoms with Crippen LogP contribution in [0.4, 0.5) is 19.0 Å². The highest BCUT2D eigenvalue weighted by atomic mass is 32.2. The first kappa shape index (κ1) is 29.3. The molecule has 5 rings (SSSR count). The number of hydrogen-bond acceptors (Lipinski definition) is 8. The van der Waals surface area contributed by atoms with Crippen LogP contribution in [0.3, 0.4) is 0 Å². The lowest BCUT2D eigenvalue weighted by Gasteiger charge is -2.34. The zero-order valence-corrected chi connectivity index (χ0v) is 24.3. The third-order valence-corrected chi connectivity index (χ3v) is 9.13. The van der Waals surface area contributed by atoms with E-state index in [1.807, 2.05) is 0 Å². The SMILES string of the molecule is CC(=N)/C1=C\NCCCC2CN(c3nc(-n4ccc(OCCC5(C(F)(F)F)CC5)n4)ccc3C(=O)NS1)C(C)(C)C2. The molecule has 2 bridgehead atoms. The normalized spacial score (nSPS) is 23.4. The van der Waals surface area contributed by atoms with E-state index >= 15 is 0 Å². The number of rotatable bonds is 6. The van der Waals surface area contributed by atoms with Crippen LogP contribution in [0.1, 0.15) is 69.7 Å². The van der Waals surface area contributed by atoms with Gasteiger partial charge in [0.2, 0.25) is 5.88 Å². The number of ether oxygens (including phenoxy) is 1. The van der Waals surface area contributed by atoms with Gasteiger partial charge in [0.05, 0.1) is 22.5 Å². The van der Waals surface area contributed by atoms with Crippen LogP contribution in [0.2, 0.25) is 0 Å². The fourth-order valence-corrected chi connectivity index (χ4v) is 6.23. The predicted molar refractivity (Wildman–Crippen MR) is 153 cm³/mol. The van der Waals surface area contributed by atoms with Gasteiger partial charge in [-0.3, -0.25) is 9.52 Å². The number of alkyl halides is 3. The Hall–Kier alpha value is -3.22. The van der Waals surface area contributed by atoms with Gasteiger partial charge in [0.1, 0.15) is 5.82 Å². The van der Waals surface area contributed by atoms with Crippen LogP contribution >= 0.6 is 11.9 Å². The number of hydrogen-bond donors (Lipinski definition) is 3. The minimum Gasteiger partial charge on any atom is -0.477 e. The number of amides is 1. The number of nitrogens with one attached hydrogen (secondary N) is 3. The third kappa shape index (κ3) is 6.34. The summed E-state index contributed by atoms with van der Waals surface area (Å²) < 4.78 is 49.7. The van der Waals surface area contributed by atoms with E-state index in [0.29, 0.717) is 33.7 Å². The minimum absolute atomic E-state index is 0.0729. The number of carbonyl (C=O) groups is 1. The molecule has 2 fully saturated rings. The Morgan fingerprint density at radius 1 is 1.27 bits per heavy atom. The lowest BCUT2D eigenvalue weighted by molar-refractivity contribution is -0.190. The molecule has 0 spiro atoms. The van der Waals surface area contributed by atoms with Crippen LogP contribution in [-0.4, -0.2) is 57.8 Å². The van der Waals surface area contributed by atoms with Gasteiger partial charge in [-0.05, 0) is 89.3 Å². The summed E-state index contributed by atoms with van der Waals surface area (Å²) in [6, 6.07) is 5.00. The van der Waals surface area contributed by atoms with Gasteiger partial charge in [0.25, 0.3) is 5.91 Å². The summed E-state index contributed by atoms with van der Waals surface area (Å²) in [5.41, 5.74) is -1.11. The van der Waals surface area contributed by atoms with Gasteiger partial charge in [-0.25, -0.2) is 9.67 Å². The van der Waals surface area contributed by atoms with Crippen molar-refractivity contribution in [2.24, 2.45) is 11.3 Å². The second-order valence-electron chi connectivity index (χ2n) is 11.8. The number of halogens is 3. The highest BCUT2D eigenvalue weighted by Gasteiger charge is 2.62. The molecule has 2 aromatic heterocycles.